The zero-order valence-electron chi connectivity index (χ0n) is 10.4. The van der Waals surface area contributed by atoms with E-state index >= 15 is 0 Å². The van der Waals surface area contributed by atoms with E-state index in [1.54, 1.807) is 0 Å². The molecule has 0 amide bonds. The second kappa shape index (κ2) is 5.79. The number of nitrogens with zero attached hydrogens (tertiary/aromatic N) is 2. The first kappa shape index (κ1) is 15.8. The fourth-order valence-electron chi connectivity index (χ4n) is 1.61. The predicted molar refractivity (Wildman–Crippen MR) is 70.7 cm³/mol. The minimum Gasteiger partial charge on any atom is -0.395 e. The van der Waals surface area contributed by atoms with Crippen LogP contribution in [0.15, 0.2) is 16.6 Å². The summed E-state index contributed by atoms with van der Waals surface area (Å²) in [4.78, 5) is 11.7. The molecule has 0 aliphatic heterocycles. The van der Waals surface area contributed by atoms with E-state index in [1.807, 2.05) is 0 Å². The van der Waals surface area contributed by atoms with Gasteiger partial charge in [-0.15, -0.1) is 0 Å². The fourth-order valence-corrected chi connectivity index (χ4v) is 2.29. The maximum atomic E-state index is 13.3. The van der Waals surface area contributed by atoms with Crippen molar-refractivity contribution in [3.05, 3.63) is 32.3 Å². The molecule has 0 atom stereocenters. The highest BCUT2D eigenvalue weighted by atomic mass is 79.9. The van der Waals surface area contributed by atoms with E-state index < -0.39 is 22.1 Å². The number of aliphatic hydroxyl groups is 1. The molecule has 0 heterocycles. The van der Waals surface area contributed by atoms with E-state index in [0.717, 1.165) is 6.07 Å². The van der Waals surface area contributed by atoms with Crippen molar-refractivity contribution < 1.29 is 18.8 Å². The third-order valence-corrected chi connectivity index (χ3v) is 3.24. The number of hydrogen-bond donors (Lipinski definition) is 1. The molecule has 0 spiro atoms. The number of anilines is 1. The van der Waals surface area contributed by atoms with Gasteiger partial charge in [-0.1, -0.05) is 15.9 Å². The number of benzene rings is 1. The van der Waals surface area contributed by atoms with Crippen LogP contribution in [0.1, 0.15) is 12.5 Å². The highest BCUT2D eigenvalue weighted by molar-refractivity contribution is 9.10. The Bertz CT molecular complexity index is 492. The maximum absolute atomic E-state index is 13.3. The molecule has 19 heavy (non-hydrogen) atoms. The molecule has 1 aromatic rings. The van der Waals surface area contributed by atoms with Crippen molar-refractivity contribution >= 4 is 27.3 Å². The second-order valence-electron chi connectivity index (χ2n) is 4.11. The molecule has 1 aromatic carbocycles. The molecule has 1 N–H and O–H groups in total. The summed E-state index contributed by atoms with van der Waals surface area (Å²) in [7, 11) is 1.54. The van der Waals surface area contributed by atoms with Gasteiger partial charge in [0, 0.05) is 36.6 Å². The van der Waals surface area contributed by atoms with E-state index in [0.29, 0.717) is 6.92 Å². The Labute approximate surface area is 117 Å². The monoisotopic (exact) mass is 338 g/mol. The van der Waals surface area contributed by atoms with E-state index in [-0.39, 0.29) is 23.3 Å². The number of alkyl halides is 2. The van der Waals surface area contributed by atoms with Crippen LogP contribution in [0.25, 0.3) is 0 Å². The largest absolute Gasteiger partial charge is 0.395 e. The van der Waals surface area contributed by atoms with Gasteiger partial charge in [-0.25, -0.2) is 8.78 Å². The minimum absolute atomic E-state index is 0.0883. The van der Waals surface area contributed by atoms with Gasteiger partial charge < -0.3 is 10.0 Å². The first-order valence-corrected chi connectivity index (χ1v) is 6.16. The lowest BCUT2D eigenvalue weighted by molar-refractivity contribution is -0.384. The third-order valence-electron chi connectivity index (χ3n) is 2.58. The van der Waals surface area contributed by atoms with Crippen molar-refractivity contribution in [1.29, 1.82) is 0 Å². The topological polar surface area (TPSA) is 66.6 Å². The number of hydrogen-bond acceptors (Lipinski definition) is 4. The Morgan fingerprint density at radius 2 is 2.11 bits per heavy atom. The van der Waals surface area contributed by atoms with Crippen molar-refractivity contribution in [2.75, 3.05) is 25.1 Å². The van der Waals surface area contributed by atoms with E-state index in [4.69, 9.17) is 5.11 Å². The Morgan fingerprint density at radius 1 is 1.53 bits per heavy atom. The summed E-state index contributed by atoms with van der Waals surface area (Å²) in [5, 5.41) is 19.8. The van der Waals surface area contributed by atoms with Gasteiger partial charge >= 0.3 is 0 Å². The maximum Gasteiger partial charge on any atom is 0.293 e. The van der Waals surface area contributed by atoms with Gasteiger partial charge in [-0.2, -0.15) is 0 Å². The summed E-state index contributed by atoms with van der Waals surface area (Å²) < 4.78 is 26.8. The summed E-state index contributed by atoms with van der Waals surface area (Å²) in [6, 6.07) is 2.12. The van der Waals surface area contributed by atoms with Crippen LogP contribution in [0, 0.1) is 10.1 Å². The minimum atomic E-state index is -3.18. The summed E-state index contributed by atoms with van der Waals surface area (Å²) >= 11 is 2.99. The molecular weight excluding hydrogens is 326 g/mol. The van der Waals surface area contributed by atoms with E-state index in [2.05, 4.69) is 15.9 Å². The lowest BCUT2D eigenvalue weighted by Gasteiger charge is -2.20. The second-order valence-corrected chi connectivity index (χ2v) is 4.97. The van der Waals surface area contributed by atoms with Crippen LogP contribution in [0.3, 0.4) is 0 Å². The average molecular weight is 339 g/mol. The van der Waals surface area contributed by atoms with Crippen LogP contribution in [-0.4, -0.2) is 30.2 Å². The molecule has 0 aliphatic carbocycles. The number of aliphatic hydroxyl groups excluding tert-OH is 1. The van der Waals surface area contributed by atoms with Crippen molar-refractivity contribution in [1.82, 2.24) is 0 Å². The lowest BCUT2D eigenvalue weighted by Crippen LogP contribution is -2.22. The van der Waals surface area contributed by atoms with Gasteiger partial charge in [-0.3, -0.25) is 10.1 Å². The summed E-state index contributed by atoms with van der Waals surface area (Å²) in [5.41, 5.74) is -0.699. The quantitative estimate of drug-likeness (QED) is 0.662. The van der Waals surface area contributed by atoms with Gasteiger partial charge in [0.05, 0.1) is 11.5 Å². The van der Waals surface area contributed by atoms with Crippen LogP contribution < -0.4 is 4.90 Å². The normalized spacial score (nSPS) is 11.5. The Hall–Kier alpha value is -1.28. The molecule has 5 nitrogen and oxygen atoms in total. The molecular formula is C11H13BrF2N2O3. The van der Waals surface area contributed by atoms with Crippen LogP contribution in [0.2, 0.25) is 0 Å². The first-order chi connectivity index (χ1) is 8.68. The van der Waals surface area contributed by atoms with Gasteiger partial charge in [0.15, 0.2) is 0 Å². The number of nitro benzene ring substituents is 1. The lowest BCUT2D eigenvalue weighted by atomic mass is 10.1. The van der Waals surface area contributed by atoms with Crippen molar-refractivity contribution in [3.63, 3.8) is 0 Å². The molecule has 106 valence electrons. The molecule has 0 fully saturated rings. The van der Waals surface area contributed by atoms with Crippen LogP contribution in [0.4, 0.5) is 20.2 Å². The number of likely N-dealkylation sites (N-methyl/N-ethyl adjacent to an activating group) is 1. The number of rotatable bonds is 5. The van der Waals surface area contributed by atoms with Crippen LogP contribution in [-0.2, 0) is 5.92 Å². The van der Waals surface area contributed by atoms with Gasteiger partial charge in [0.1, 0.15) is 5.69 Å². The zero-order chi connectivity index (χ0) is 14.8. The Morgan fingerprint density at radius 3 is 2.53 bits per heavy atom. The molecule has 0 radical (unpaired) electrons. The third kappa shape index (κ3) is 3.60. The van der Waals surface area contributed by atoms with Gasteiger partial charge in [-0.05, 0) is 6.07 Å². The van der Waals surface area contributed by atoms with Crippen molar-refractivity contribution in [2.24, 2.45) is 0 Å². The first-order valence-electron chi connectivity index (χ1n) is 5.36. The highest BCUT2D eigenvalue weighted by Crippen LogP contribution is 2.40. The molecule has 0 saturated heterocycles. The van der Waals surface area contributed by atoms with Gasteiger partial charge in [0.25, 0.3) is 11.6 Å². The standard InChI is InChI=1S/C11H13BrF2N2O3/c1-11(13,14)7-5-10(16(18)19)9(6-8(7)12)15(2)3-4-17/h5-6,17H,3-4H2,1-2H3. The van der Waals surface area contributed by atoms with Crippen LogP contribution in [0.5, 0.6) is 0 Å². The van der Waals surface area contributed by atoms with Crippen molar-refractivity contribution in [3.8, 4) is 0 Å². The summed E-state index contributed by atoms with van der Waals surface area (Å²) in [5.74, 6) is -3.18. The zero-order valence-corrected chi connectivity index (χ0v) is 11.9. The average Bonchev–Trinajstić information content (AvgIpc) is 2.26. The van der Waals surface area contributed by atoms with E-state index in [1.165, 1.54) is 18.0 Å². The smallest absolute Gasteiger partial charge is 0.293 e. The Balaban J connectivity index is 3.42. The molecule has 8 heteroatoms. The Kier molecular flexibility index (Phi) is 4.81. The molecule has 1 rings (SSSR count). The molecule has 0 aliphatic rings. The van der Waals surface area contributed by atoms with Gasteiger partial charge in [0.2, 0.25) is 0 Å². The molecule has 0 aromatic heterocycles. The van der Waals surface area contributed by atoms with E-state index in [9.17, 15) is 18.9 Å². The summed E-state index contributed by atoms with van der Waals surface area (Å²) in [6.07, 6.45) is 0. The molecule has 0 saturated carbocycles. The molecule has 0 bridgehead atoms. The number of halogens is 3. The predicted octanol–water partition coefficient (Wildman–Crippen LogP) is 2.90. The summed E-state index contributed by atoms with van der Waals surface area (Å²) in [6.45, 7) is 0.639. The highest BCUT2D eigenvalue weighted by Gasteiger charge is 2.31. The number of nitro groups is 1. The van der Waals surface area contributed by atoms with Crippen LogP contribution >= 0.6 is 15.9 Å². The fraction of sp³-hybridized carbons (Fsp3) is 0.455. The molecule has 0 unspecified atom stereocenters. The van der Waals surface area contributed by atoms with Crippen molar-refractivity contribution in [2.45, 2.75) is 12.8 Å². The SMILES string of the molecule is CN(CCO)c1cc(Br)c(C(C)(F)F)cc1[N+](=O)[O-].